The second-order valence-corrected chi connectivity index (χ2v) is 5.82. The molecule has 1 fully saturated rings. The van der Waals surface area contributed by atoms with E-state index < -0.39 is 11.5 Å². The van der Waals surface area contributed by atoms with Crippen molar-refractivity contribution < 1.29 is 9.90 Å². The summed E-state index contributed by atoms with van der Waals surface area (Å²) in [5.41, 5.74) is -0.758. The normalized spacial score (nSPS) is 21.5. The molecule has 0 aromatic carbocycles. The largest absolute Gasteiger partial charge is 0.480 e. The quantitative estimate of drug-likeness (QED) is 0.735. The summed E-state index contributed by atoms with van der Waals surface area (Å²) >= 11 is 1.94. The average Bonchev–Trinajstić information content (AvgIpc) is 2.70. The van der Waals surface area contributed by atoms with Crippen LogP contribution < -0.4 is 5.32 Å². The SMILES string of the molecule is CNC(C)(CCSC1CCCC1)C(=O)O. The van der Waals surface area contributed by atoms with Gasteiger partial charge in [-0.3, -0.25) is 4.79 Å². The van der Waals surface area contributed by atoms with Crippen molar-refractivity contribution in [2.45, 2.75) is 49.8 Å². The van der Waals surface area contributed by atoms with E-state index in [0.717, 1.165) is 11.0 Å². The Morgan fingerprint density at radius 1 is 1.53 bits per heavy atom. The topological polar surface area (TPSA) is 49.3 Å². The molecule has 1 saturated carbocycles. The number of likely N-dealkylation sites (N-methyl/N-ethyl adjacent to an activating group) is 1. The Morgan fingerprint density at radius 3 is 2.60 bits per heavy atom. The Kier molecular flexibility index (Phi) is 4.93. The van der Waals surface area contributed by atoms with Crippen LogP contribution in [0.2, 0.25) is 0 Å². The Morgan fingerprint density at radius 2 is 2.13 bits per heavy atom. The number of nitrogens with one attached hydrogen (secondary N) is 1. The van der Waals surface area contributed by atoms with Crippen molar-refractivity contribution in [1.29, 1.82) is 0 Å². The monoisotopic (exact) mass is 231 g/mol. The molecular weight excluding hydrogens is 210 g/mol. The van der Waals surface area contributed by atoms with Crippen LogP contribution in [-0.4, -0.2) is 34.7 Å². The van der Waals surface area contributed by atoms with Gasteiger partial charge in [-0.1, -0.05) is 12.8 Å². The lowest BCUT2D eigenvalue weighted by Gasteiger charge is -2.24. The van der Waals surface area contributed by atoms with E-state index in [4.69, 9.17) is 5.11 Å². The van der Waals surface area contributed by atoms with E-state index in [-0.39, 0.29) is 0 Å². The molecule has 0 bridgehead atoms. The third kappa shape index (κ3) is 3.68. The smallest absolute Gasteiger partial charge is 0.323 e. The van der Waals surface area contributed by atoms with E-state index in [0.29, 0.717) is 6.42 Å². The van der Waals surface area contributed by atoms with Crippen molar-refractivity contribution in [1.82, 2.24) is 5.32 Å². The van der Waals surface area contributed by atoms with Gasteiger partial charge in [0.25, 0.3) is 0 Å². The van der Waals surface area contributed by atoms with E-state index in [9.17, 15) is 4.79 Å². The van der Waals surface area contributed by atoms with Gasteiger partial charge < -0.3 is 10.4 Å². The van der Waals surface area contributed by atoms with Crippen LogP contribution in [0.3, 0.4) is 0 Å². The molecular formula is C11H21NO2S. The van der Waals surface area contributed by atoms with Crippen LogP contribution in [-0.2, 0) is 4.79 Å². The Bertz CT molecular complexity index is 217. The van der Waals surface area contributed by atoms with Gasteiger partial charge in [0.1, 0.15) is 5.54 Å². The predicted octanol–water partition coefficient (Wildman–Crippen LogP) is 2.11. The van der Waals surface area contributed by atoms with Crippen molar-refractivity contribution in [3.63, 3.8) is 0 Å². The van der Waals surface area contributed by atoms with Crippen molar-refractivity contribution in [2.75, 3.05) is 12.8 Å². The van der Waals surface area contributed by atoms with Crippen LogP contribution in [0.1, 0.15) is 39.0 Å². The molecule has 15 heavy (non-hydrogen) atoms. The number of rotatable bonds is 6. The van der Waals surface area contributed by atoms with Crippen LogP contribution in [0.5, 0.6) is 0 Å². The van der Waals surface area contributed by atoms with Crippen LogP contribution >= 0.6 is 11.8 Å². The summed E-state index contributed by atoms with van der Waals surface area (Å²) in [6.07, 6.45) is 6.02. The standard InChI is InChI=1S/C11H21NO2S/c1-11(12-2,10(13)14)7-8-15-9-5-3-4-6-9/h9,12H,3-8H2,1-2H3,(H,13,14). The highest BCUT2D eigenvalue weighted by molar-refractivity contribution is 7.99. The molecule has 1 rings (SSSR count). The minimum Gasteiger partial charge on any atom is -0.480 e. The first kappa shape index (κ1) is 12.8. The van der Waals surface area contributed by atoms with Crippen molar-refractivity contribution in [2.24, 2.45) is 0 Å². The number of carboxylic acid groups (broad SMARTS) is 1. The van der Waals surface area contributed by atoms with Gasteiger partial charge in [0.05, 0.1) is 0 Å². The highest BCUT2D eigenvalue weighted by atomic mass is 32.2. The van der Waals surface area contributed by atoms with Gasteiger partial charge in [-0.25, -0.2) is 0 Å². The summed E-state index contributed by atoms with van der Waals surface area (Å²) in [6, 6.07) is 0. The minimum atomic E-state index is -0.758. The minimum absolute atomic E-state index is 0.694. The molecule has 0 saturated heterocycles. The van der Waals surface area contributed by atoms with Gasteiger partial charge in [-0.15, -0.1) is 0 Å². The Hall–Kier alpha value is -0.220. The fraction of sp³-hybridized carbons (Fsp3) is 0.909. The number of aliphatic carboxylic acids is 1. The third-order valence-electron chi connectivity index (χ3n) is 3.28. The molecule has 2 N–H and O–H groups in total. The first-order valence-electron chi connectivity index (χ1n) is 5.62. The van der Waals surface area contributed by atoms with E-state index in [1.165, 1.54) is 25.7 Å². The lowest BCUT2D eigenvalue weighted by molar-refractivity contribution is -0.144. The number of hydrogen-bond acceptors (Lipinski definition) is 3. The van der Waals surface area contributed by atoms with E-state index in [2.05, 4.69) is 5.32 Å². The van der Waals surface area contributed by atoms with Gasteiger partial charge in [-0.05, 0) is 39.0 Å². The first-order chi connectivity index (χ1) is 7.08. The van der Waals surface area contributed by atoms with Gasteiger partial charge in [0.2, 0.25) is 0 Å². The number of carbonyl (C=O) groups is 1. The van der Waals surface area contributed by atoms with Crippen molar-refractivity contribution in [3.05, 3.63) is 0 Å². The van der Waals surface area contributed by atoms with Crippen LogP contribution in [0.4, 0.5) is 0 Å². The second kappa shape index (κ2) is 5.75. The van der Waals surface area contributed by atoms with Crippen LogP contribution in [0.25, 0.3) is 0 Å². The lowest BCUT2D eigenvalue weighted by Crippen LogP contribution is -2.47. The number of hydrogen-bond donors (Lipinski definition) is 2. The maximum Gasteiger partial charge on any atom is 0.323 e. The van der Waals surface area contributed by atoms with Gasteiger partial charge in [0.15, 0.2) is 0 Å². The zero-order valence-electron chi connectivity index (χ0n) is 9.58. The molecule has 1 aliphatic rings. The van der Waals surface area contributed by atoms with Crippen molar-refractivity contribution >= 4 is 17.7 Å². The zero-order valence-corrected chi connectivity index (χ0v) is 10.4. The predicted molar refractivity (Wildman–Crippen MR) is 64.4 cm³/mol. The molecule has 0 aromatic rings. The summed E-state index contributed by atoms with van der Waals surface area (Å²) < 4.78 is 0. The number of thioether (sulfide) groups is 1. The molecule has 3 nitrogen and oxygen atoms in total. The summed E-state index contributed by atoms with van der Waals surface area (Å²) in [7, 11) is 1.72. The summed E-state index contributed by atoms with van der Waals surface area (Å²) in [6.45, 7) is 1.75. The molecule has 0 radical (unpaired) electrons. The van der Waals surface area contributed by atoms with E-state index >= 15 is 0 Å². The van der Waals surface area contributed by atoms with Crippen LogP contribution in [0.15, 0.2) is 0 Å². The molecule has 0 aliphatic heterocycles. The molecule has 0 amide bonds. The molecule has 1 unspecified atom stereocenters. The van der Waals surface area contributed by atoms with Gasteiger partial charge in [-0.2, -0.15) is 11.8 Å². The maximum atomic E-state index is 11.0. The molecule has 0 spiro atoms. The summed E-state index contributed by atoms with van der Waals surface area (Å²) in [5.74, 6) is 0.186. The Labute approximate surface area is 96.0 Å². The van der Waals surface area contributed by atoms with Crippen LogP contribution in [0, 0.1) is 0 Å². The summed E-state index contributed by atoms with van der Waals surface area (Å²) in [5, 5.41) is 12.7. The first-order valence-corrected chi connectivity index (χ1v) is 6.67. The molecule has 0 aromatic heterocycles. The summed E-state index contributed by atoms with van der Waals surface area (Å²) in [4.78, 5) is 11.0. The van der Waals surface area contributed by atoms with E-state index in [1.807, 2.05) is 11.8 Å². The fourth-order valence-electron chi connectivity index (χ4n) is 1.82. The van der Waals surface area contributed by atoms with E-state index in [1.54, 1.807) is 14.0 Å². The maximum absolute atomic E-state index is 11.0. The lowest BCUT2D eigenvalue weighted by atomic mass is 10.00. The Balaban J connectivity index is 2.25. The fourth-order valence-corrected chi connectivity index (χ4v) is 3.35. The van der Waals surface area contributed by atoms with Gasteiger partial charge in [0, 0.05) is 5.25 Å². The average molecular weight is 231 g/mol. The van der Waals surface area contributed by atoms with Gasteiger partial charge >= 0.3 is 5.97 Å². The highest BCUT2D eigenvalue weighted by Crippen LogP contribution is 2.30. The molecule has 4 heteroatoms. The number of carboxylic acids is 1. The molecule has 1 aliphatic carbocycles. The third-order valence-corrected chi connectivity index (χ3v) is 4.66. The molecule has 1 atom stereocenters. The highest BCUT2D eigenvalue weighted by Gasteiger charge is 2.30. The second-order valence-electron chi connectivity index (χ2n) is 4.41. The zero-order chi connectivity index (χ0) is 11.3. The molecule has 0 heterocycles. The molecule has 88 valence electrons. The van der Waals surface area contributed by atoms with Crippen molar-refractivity contribution in [3.8, 4) is 0 Å².